The molecule has 1 heterocycles. The number of rotatable bonds is 4. The van der Waals surface area contributed by atoms with Crippen LogP contribution in [0, 0.1) is 12.8 Å². The van der Waals surface area contributed by atoms with Crippen molar-refractivity contribution in [3.63, 3.8) is 0 Å². The molecule has 0 unspecified atom stereocenters. The predicted octanol–water partition coefficient (Wildman–Crippen LogP) is 2.88. The first-order valence-corrected chi connectivity index (χ1v) is 10.1. The Morgan fingerprint density at radius 3 is 2.63 bits per heavy atom. The molecule has 1 aromatic carbocycles. The zero-order valence-electron chi connectivity index (χ0n) is 15.8. The lowest BCUT2D eigenvalue weighted by Crippen LogP contribution is -2.48. The lowest BCUT2D eigenvalue weighted by molar-refractivity contribution is -0.126. The van der Waals surface area contributed by atoms with E-state index in [2.05, 4.69) is 15.4 Å². The van der Waals surface area contributed by atoms with Gasteiger partial charge >= 0.3 is 0 Å². The number of hydrogen-bond acceptors (Lipinski definition) is 4. The maximum Gasteiger partial charge on any atom is 0.223 e. The second-order valence-electron chi connectivity index (χ2n) is 7.94. The van der Waals surface area contributed by atoms with Gasteiger partial charge in [0.05, 0.1) is 17.8 Å². The molecular weight excluding hydrogens is 340 g/mol. The summed E-state index contributed by atoms with van der Waals surface area (Å²) in [7, 11) is 0. The van der Waals surface area contributed by atoms with Gasteiger partial charge in [-0.15, -0.1) is 0 Å². The van der Waals surface area contributed by atoms with E-state index in [1.807, 2.05) is 41.9 Å². The molecule has 6 nitrogen and oxygen atoms in total. The summed E-state index contributed by atoms with van der Waals surface area (Å²) < 4.78 is 1.91. The van der Waals surface area contributed by atoms with Crippen LogP contribution < -0.4 is 5.32 Å². The molecule has 6 heteroatoms. The molecule has 4 rings (SSSR count). The molecule has 0 bridgehead atoms. The number of nitrogens with one attached hydrogen (secondary N) is 1. The van der Waals surface area contributed by atoms with Crippen molar-refractivity contribution >= 4 is 5.91 Å². The van der Waals surface area contributed by atoms with Gasteiger partial charge in [-0.05, 0) is 51.2 Å². The van der Waals surface area contributed by atoms with Gasteiger partial charge in [0.1, 0.15) is 11.6 Å². The molecule has 2 aliphatic rings. The van der Waals surface area contributed by atoms with Gasteiger partial charge in [0.2, 0.25) is 5.91 Å². The quantitative estimate of drug-likeness (QED) is 0.870. The Morgan fingerprint density at radius 2 is 1.89 bits per heavy atom. The highest BCUT2D eigenvalue weighted by molar-refractivity contribution is 5.79. The fourth-order valence-electron chi connectivity index (χ4n) is 4.49. The van der Waals surface area contributed by atoms with Gasteiger partial charge in [-0.1, -0.05) is 31.0 Å². The van der Waals surface area contributed by atoms with Crippen LogP contribution >= 0.6 is 0 Å². The first-order valence-electron chi connectivity index (χ1n) is 10.1. The summed E-state index contributed by atoms with van der Waals surface area (Å²) in [4.78, 5) is 17.2. The minimum atomic E-state index is -0.485. The number of aliphatic hydroxyl groups is 1. The van der Waals surface area contributed by atoms with Crippen LogP contribution in [0.25, 0.3) is 5.69 Å². The van der Waals surface area contributed by atoms with E-state index < -0.39 is 6.10 Å². The zero-order chi connectivity index (χ0) is 18.8. The van der Waals surface area contributed by atoms with Crippen LogP contribution in [-0.2, 0) is 4.79 Å². The minimum absolute atomic E-state index is 0.109. The Balaban J connectivity index is 1.52. The molecule has 144 valence electrons. The number of carbonyl (C=O) groups is 1. The van der Waals surface area contributed by atoms with E-state index in [-0.39, 0.29) is 23.8 Å². The second-order valence-corrected chi connectivity index (χ2v) is 7.94. The SMILES string of the molecule is Cc1nc([C@H]2CC[C@@H](O)[C@H](NC(=O)C3CCCC3)C2)n(-c2ccccc2)n1. The number of para-hydroxylation sites is 1. The Kier molecular flexibility index (Phi) is 5.25. The Labute approximate surface area is 160 Å². The van der Waals surface area contributed by atoms with Gasteiger partial charge in [-0.2, -0.15) is 5.10 Å². The Morgan fingerprint density at radius 1 is 1.15 bits per heavy atom. The molecule has 0 aliphatic heterocycles. The Hall–Kier alpha value is -2.21. The molecule has 27 heavy (non-hydrogen) atoms. The predicted molar refractivity (Wildman–Crippen MR) is 103 cm³/mol. The molecule has 2 aromatic rings. The van der Waals surface area contributed by atoms with Gasteiger partial charge in [-0.25, -0.2) is 9.67 Å². The molecular formula is C21H28N4O2. The van der Waals surface area contributed by atoms with E-state index in [0.29, 0.717) is 12.8 Å². The molecule has 2 fully saturated rings. The number of benzene rings is 1. The third-order valence-corrected chi connectivity index (χ3v) is 5.97. The van der Waals surface area contributed by atoms with E-state index in [9.17, 15) is 9.90 Å². The largest absolute Gasteiger partial charge is 0.391 e. The second kappa shape index (κ2) is 7.80. The summed E-state index contributed by atoms with van der Waals surface area (Å²) in [6.07, 6.45) is 5.94. The number of aromatic nitrogens is 3. The van der Waals surface area contributed by atoms with Crippen molar-refractivity contribution in [2.45, 2.75) is 69.9 Å². The lowest BCUT2D eigenvalue weighted by Gasteiger charge is -2.34. The van der Waals surface area contributed by atoms with E-state index in [1.54, 1.807) is 0 Å². The summed E-state index contributed by atoms with van der Waals surface area (Å²) in [5, 5.41) is 18.2. The number of aryl methyl sites for hydroxylation is 1. The smallest absolute Gasteiger partial charge is 0.223 e. The molecule has 0 spiro atoms. The third-order valence-electron chi connectivity index (χ3n) is 5.97. The maximum atomic E-state index is 12.5. The third kappa shape index (κ3) is 3.90. The fourth-order valence-corrected chi connectivity index (χ4v) is 4.49. The van der Waals surface area contributed by atoms with Crippen molar-refractivity contribution in [1.82, 2.24) is 20.1 Å². The average molecular weight is 368 g/mol. The topological polar surface area (TPSA) is 80.0 Å². The van der Waals surface area contributed by atoms with Gasteiger partial charge in [0.25, 0.3) is 0 Å². The van der Waals surface area contributed by atoms with E-state index in [0.717, 1.165) is 49.4 Å². The maximum absolute atomic E-state index is 12.5. The van der Waals surface area contributed by atoms with Crippen LogP contribution in [0.1, 0.15) is 62.5 Å². The molecule has 0 radical (unpaired) electrons. The van der Waals surface area contributed by atoms with E-state index >= 15 is 0 Å². The number of amides is 1. The Bertz CT molecular complexity index is 783. The first kappa shape index (κ1) is 18.2. The molecule has 1 aromatic heterocycles. The number of aliphatic hydroxyl groups excluding tert-OH is 1. The van der Waals surface area contributed by atoms with Crippen molar-refractivity contribution < 1.29 is 9.90 Å². The monoisotopic (exact) mass is 368 g/mol. The van der Waals surface area contributed by atoms with Crippen molar-refractivity contribution in [1.29, 1.82) is 0 Å². The summed E-state index contributed by atoms with van der Waals surface area (Å²) >= 11 is 0. The number of hydrogen-bond donors (Lipinski definition) is 2. The fraction of sp³-hybridized carbons (Fsp3) is 0.571. The summed E-state index contributed by atoms with van der Waals surface area (Å²) in [6.45, 7) is 1.90. The average Bonchev–Trinajstić information content (AvgIpc) is 3.34. The summed E-state index contributed by atoms with van der Waals surface area (Å²) in [5.74, 6) is 2.06. The van der Waals surface area contributed by atoms with Crippen LogP contribution in [0.3, 0.4) is 0 Å². The molecule has 3 atom stereocenters. The van der Waals surface area contributed by atoms with Crippen molar-refractivity contribution in [2.75, 3.05) is 0 Å². The van der Waals surface area contributed by atoms with Gasteiger partial charge in [-0.3, -0.25) is 4.79 Å². The molecule has 1 amide bonds. The van der Waals surface area contributed by atoms with Crippen LogP contribution in [0.2, 0.25) is 0 Å². The van der Waals surface area contributed by atoms with Crippen LogP contribution in [0.4, 0.5) is 0 Å². The minimum Gasteiger partial charge on any atom is -0.391 e. The highest BCUT2D eigenvalue weighted by atomic mass is 16.3. The van der Waals surface area contributed by atoms with Crippen LogP contribution in [0.15, 0.2) is 30.3 Å². The van der Waals surface area contributed by atoms with Crippen molar-refractivity contribution in [2.24, 2.45) is 5.92 Å². The van der Waals surface area contributed by atoms with Gasteiger partial charge < -0.3 is 10.4 Å². The van der Waals surface area contributed by atoms with Crippen LogP contribution in [-0.4, -0.2) is 37.9 Å². The highest BCUT2D eigenvalue weighted by Crippen LogP contribution is 2.34. The summed E-state index contributed by atoms with van der Waals surface area (Å²) in [6, 6.07) is 9.80. The van der Waals surface area contributed by atoms with Crippen molar-refractivity contribution in [3.8, 4) is 5.69 Å². The number of carbonyl (C=O) groups excluding carboxylic acids is 1. The molecule has 0 saturated heterocycles. The van der Waals surface area contributed by atoms with E-state index in [4.69, 9.17) is 0 Å². The molecule has 2 N–H and O–H groups in total. The van der Waals surface area contributed by atoms with E-state index in [1.165, 1.54) is 0 Å². The highest BCUT2D eigenvalue weighted by Gasteiger charge is 2.35. The zero-order valence-corrected chi connectivity index (χ0v) is 15.8. The standard InChI is InChI=1S/C21H28N4O2/c1-14-22-20(25(24-14)17-9-3-2-4-10-17)16-11-12-19(26)18(13-16)23-21(27)15-7-5-6-8-15/h2-4,9-10,15-16,18-19,26H,5-8,11-13H2,1H3,(H,23,27)/t16-,18+,19+/m0/s1. The van der Waals surface area contributed by atoms with Crippen LogP contribution in [0.5, 0.6) is 0 Å². The first-order chi connectivity index (χ1) is 13.1. The van der Waals surface area contributed by atoms with Gasteiger partial charge in [0.15, 0.2) is 0 Å². The lowest BCUT2D eigenvalue weighted by atomic mass is 9.83. The molecule has 2 aliphatic carbocycles. The summed E-state index contributed by atoms with van der Waals surface area (Å²) in [5.41, 5.74) is 0.991. The van der Waals surface area contributed by atoms with Gasteiger partial charge in [0, 0.05) is 11.8 Å². The normalized spacial score (nSPS) is 26.2. The van der Waals surface area contributed by atoms with Crippen molar-refractivity contribution in [3.05, 3.63) is 42.0 Å². The molecule has 2 saturated carbocycles. The number of nitrogens with zero attached hydrogens (tertiary/aromatic N) is 3.